The molecule has 1 aliphatic heterocycles. The molecule has 0 aliphatic carbocycles. The van der Waals surface area contributed by atoms with Gasteiger partial charge in [0, 0.05) is 36.8 Å². The number of amides is 2. The van der Waals surface area contributed by atoms with Gasteiger partial charge >= 0.3 is 0 Å². The van der Waals surface area contributed by atoms with Gasteiger partial charge in [0.2, 0.25) is 5.91 Å². The average Bonchev–Trinajstić information content (AvgIpc) is 3.00. The number of amidine groups is 1. The van der Waals surface area contributed by atoms with Gasteiger partial charge in [0.05, 0.1) is 11.2 Å². The number of nitrogens with zero attached hydrogens (tertiary/aromatic N) is 3. The molecule has 2 N–H and O–H groups in total. The Morgan fingerprint density at radius 3 is 2.59 bits per heavy atom. The molecule has 1 saturated heterocycles. The van der Waals surface area contributed by atoms with Crippen LogP contribution in [0.15, 0.2) is 78.5 Å². The third kappa shape index (κ3) is 8.25. The highest BCUT2D eigenvalue weighted by molar-refractivity contribution is 6.10. The second-order valence-corrected chi connectivity index (χ2v) is 9.62. The van der Waals surface area contributed by atoms with Crippen LogP contribution in [-0.4, -0.2) is 60.8 Å². The number of anilines is 1. The zero-order valence-electron chi connectivity index (χ0n) is 23.7. The second kappa shape index (κ2) is 14.8. The number of aliphatic imine (C=N–C) groups is 1. The zero-order chi connectivity index (χ0) is 29.0. The first-order valence-electron chi connectivity index (χ1n) is 13.9. The fourth-order valence-electron chi connectivity index (χ4n) is 4.50. The van der Waals surface area contributed by atoms with E-state index in [4.69, 9.17) is 9.47 Å². The molecule has 1 fully saturated rings. The van der Waals surface area contributed by atoms with Gasteiger partial charge in [-0.05, 0) is 80.9 Å². The maximum absolute atomic E-state index is 12.6. The van der Waals surface area contributed by atoms with Crippen molar-refractivity contribution < 1.29 is 19.1 Å². The number of hydrogen-bond donors (Lipinski definition) is 2. The second-order valence-electron chi connectivity index (χ2n) is 9.62. The van der Waals surface area contributed by atoms with E-state index in [0.29, 0.717) is 51.8 Å². The fraction of sp³-hybridized carbons (Fsp3) is 0.312. The van der Waals surface area contributed by atoms with Crippen LogP contribution in [-0.2, 0) is 4.79 Å². The van der Waals surface area contributed by atoms with Gasteiger partial charge in [-0.25, -0.2) is 0 Å². The number of fused-ring (bicyclic) bond motifs is 1. The van der Waals surface area contributed by atoms with Gasteiger partial charge in [-0.15, -0.1) is 0 Å². The van der Waals surface area contributed by atoms with Crippen LogP contribution in [0.1, 0.15) is 43.0 Å². The zero-order valence-corrected chi connectivity index (χ0v) is 23.7. The summed E-state index contributed by atoms with van der Waals surface area (Å²) in [6, 6.07) is 12.2. The molecule has 1 aromatic heterocycles. The Hall–Kier alpha value is -4.50. The van der Waals surface area contributed by atoms with Gasteiger partial charge in [0.15, 0.2) is 0 Å². The molecule has 0 unspecified atom stereocenters. The lowest BCUT2D eigenvalue weighted by atomic mass is 10.1. The summed E-state index contributed by atoms with van der Waals surface area (Å²) < 4.78 is 12.3. The van der Waals surface area contributed by atoms with Crippen molar-refractivity contribution in [1.29, 1.82) is 0 Å². The lowest BCUT2D eigenvalue weighted by Crippen LogP contribution is -2.33. The third-order valence-electron chi connectivity index (χ3n) is 6.70. The van der Waals surface area contributed by atoms with Gasteiger partial charge in [0.1, 0.15) is 29.7 Å². The van der Waals surface area contributed by atoms with Crippen molar-refractivity contribution in [3.05, 3.63) is 79.0 Å². The Morgan fingerprint density at radius 2 is 1.88 bits per heavy atom. The number of carbonyl (C=O) groups is 2. The van der Waals surface area contributed by atoms with Crippen LogP contribution in [0.5, 0.6) is 17.2 Å². The Balaban J connectivity index is 1.52. The third-order valence-corrected chi connectivity index (χ3v) is 6.70. The summed E-state index contributed by atoms with van der Waals surface area (Å²) in [5.41, 5.74) is 1.65. The van der Waals surface area contributed by atoms with E-state index in [1.807, 2.05) is 19.1 Å². The number of aromatic nitrogens is 1. The molecule has 2 heterocycles. The molecule has 2 amide bonds. The first kappa shape index (κ1) is 29.5. The molecular weight excluding hydrogens is 518 g/mol. The van der Waals surface area contributed by atoms with E-state index in [-0.39, 0.29) is 11.8 Å². The molecular formula is C32H37N5O4. The number of piperidine rings is 1. The monoisotopic (exact) mass is 555 g/mol. The highest BCUT2D eigenvalue weighted by Crippen LogP contribution is 2.36. The van der Waals surface area contributed by atoms with Crippen molar-refractivity contribution in [2.45, 2.75) is 32.6 Å². The summed E-state index contributed by atoms with van der Waals surface area (Å²) in [5.74, 6) is 1.52. The van der Waals surface area contributed by atoms with E-state index in [2.05, 4.69) is 32.1 Å². The molecule has 0 bridgehead atoms. The van der Waals surface area contributed by atoms with E-state index >= 15 is 0 Å². The molecule has 0 atom stereocenters. The molecule has 0 radical (unpaired) electrons. The summed E-state index contributed by atoms with van der Waals surface area (Å²) in [6.07, 6.45) is 11.1. The van der Waals surface area contributed by atoms with Crippen molar-refractivity contribution in [3.63, 3.8) is 0 Å². The van der Waals surface area contributed by atoms with E-state index in [1.165, 1.54) is 25.3 Å². The molecule has 0 spiro atoms. The van der Waals surface area contributed by atoms with Gasteiger partial charge in [-0.2, -0.15) is 0 Å². The summed E-state index contributed by atoms with van der Waals surface area (Å²) in [7, 11) is 1.63. The minimum Gasteiger partial charge on any atom is -0.490 e. The molecule has 41 heavy (non-hydrogen) atoms. The molecule has 2 aromatic carbocycles. The van der Waals surface area contributed by atoms with E-state index < -0.39 is 0 Å². The van der Waals surface area contributed by atoms with Crippen molar-refractivity contribution in [3.8, 4) is 17.2 Å². The molecule has 214 valence electrons. The molecule has 3 aromatic rings. The molecule has 0 saturated carbocycles. The van der Waals surface area contributed by atoms with E-state index in [9.17, 15) is 9.59 Å². The number of pyridine rings is 1. The lowest BCUT2D eigenvalue weighted by Gasteiger charge is -2.26. The van der Waals surface area contributed by atoms with Crippen molar-refractivity contribution in [2.24, 2.45) is 4.99 Å². The summed E-state index contributed by atoms with van der Waals surface area (Å²) in [6.45, 7) is 9.06. The van der Waals surface area contributed by atoms with Crippen LogP contribution in [0.4, 0.5) is 5.69 Å². The van der Waals surface area contributed by atoms with Gasteiger partial charge < -0.3 is 20.1 Å². The predicted octanol–water partition coefficient (Wildman–Crippen LogP) is 5.74. The van der Waals surface area contributed by atoms with E-state index in [0.717, 1.165) is 26.1 Å². The Labute approximate surface area is 241 Å². The topological polar surface area (TPSA) is 105 Å². The largest absolute Gasteiger partial charge is 0.490 e. The maximum Gasteiger partial charge on any atom is 0.256 e. The number of nitrogens with one attached hydrogen (secondary N) is 2. The van der Waals surface area contributed by atoms with Crippen molar-refractivity contribution in [2.75, 3.05) is 38.6 Å². The quantitative estimate of drug-likeness (QED) is 0.178. The van der Waals surface area contributed by atoms with Crippen LogP contribution in [0, 0.1) is 0 Å². The summed E-state index contributed by atoms with van der Waals surface area (Å²) >= 11 is 0. The Bertz CT molecular complexity index is 1430. The smallest absolute Gasteiger partial charge is 0.256 e. The first-order valence-corrected chi connectivity index (χ1v) is 13.9. The number of hydrogen-bond acceptors (Lipinski definition) is 7. The molecule has 9 nitrogen and oxygen atoms in total. The SMILES string of the molecule is C=CC(=O)Nc1cc2c(Oc3ccc(C(=O)NC(/C=C\CC)=NC)cc3)ccnc2cc1OCCN1CCCCC1. The average molecular weight is 556 g/mol. The fourth-order valence-corrected chi connectivity index (χ4v) is 4.50. The van der Waals surface area contributed by atoms with E-state index in [1.54, 1.807) is 55.7 Å². The maximum atomic E-state index is 12.6. The van der Waals surface area contributed by atoms with Crippen LogP contribution in [0.3, 0.4) is 0 Å². The number of carbonyl (C=O) groups excluding carboxylic acids is 2. The lowest BCUT2D eigenvalue weighted by molar-refractivity contribution is -0.111. The predicted molar refractivity (Wildman–Crippen MR) is 163 cm³/mol. The Kier molecular flexibility index (Phi) is 10.6. The minimum absolute atomic E-state index is 0.261. The number of ether oxygens (including phenoxy) is 2. The van der Waals surface area contributed by atoms with Gasteiger partial charge in [0.25, 0.3) is 5.91 Å². The highest BCUT2D eigenvalue weighted by atomic mass is 16.5. The van der Waals surface area contributed by atoms with Gasteiger partial charge in [-0.1, -0.05) is 26.0 Å². The first-order chi connectivity index (χ1) is 20.0. The minimum atomic E-state index is -0.341. The standard InChI is InChI=1S/C32H37N5O4/c1-4-6-10-30(33-3)36-32(39)23-11-13-24(14-12-23)41-28-15-16-34-26-22-29(27(21-25(26)28)35-31(38)5-2)40-20-19-37-17-8-7-9-18-37/h5-6,10-16,21-22H,2,4,7-9,17-20H2,1,3H3,(H,35,38)(H,33,36,39)/b10-6-. The van der Waals surface area contributed by atoms with Crippen LogP contribution < -0.4 is 20.1 Å². The summed E-state index contributed by atoms with van der Waals surface area (Å²) in [4.78, 5) is 35.8. The van der Waals surface area contributed by atoms with Crippen LogP contribution in [0.2, 0.25) is 0 Å². The van der Waals surface area contributed by atoms with Crippen molar-refractivity contribution in [1.82, 2.24) is 15.2 Å². The van der Waals surface area contributed by atoms with Crippen LogP contribution >= 0.6 is 0 Å². The Morgan fingerprint density at radius 1 is 1.10 bits per heavy atom. The van der Waals surface area contributed by atoms with Gasteiger partial charge in [-0.3, -0.25) is 24.5 Å². The molecule has 1 aliphatic rings. The number of allylic oxidation sites excluding steroid dienone is 1. The number of benzene rings is 2. The number of likely N-dealkylation sites (tertiary alicyclic amines) is 1. The molecule has 4 rings (SSSR count). The van der Waals surface area contributed by atoms with Crippen molar-refractivity contribution >= 4 is 34.2 Å². The summed E-state index contributed by atoms with van der Waals surface area (Å²) in [5, 5.41) is 6.34. The number of rotatable bonds is 11. The highest BCUT2D eigenvalue weighted by Gasteiger charge is 2.15. The van der Waals surface area contributed by atoms with Crippen LogP contribution in [0.25, 0.3) is 10.9 Å². The normalized spacial score (nSPS) is 14.1. The molecule has 9 heteroatoms.